The molecule has 1 fully saturated rings. The average molecular weight is 298 g/mol. The second kappa shape index (κ2) is 7.04. The van der Waals surface area contributed by atoms with E-state index in [1.54, 1.807) is 42.7 Å². The number of carbonyl (C=O) groups excluding carboxylic acids is 1. The van der Waals surface area contributed by atoms with Crippen LogP contribution in [0.1, 0.15) is 35.4 Å². The molecule has 0 bridgehead atoms. The number of imidazole rings is 1. The Balaban J connectivity index is 1.59. The van der Waals surface area contributed by atoms with Crippen LogP contribution in [-0.4, -0.2) is 28.6 Å². The molecule has 5 heteroatoms. The van der Waals surface area contributed by atoms with Gasteiger partial charge in [0.1, 0.15) is 11.6 Å². The van der Waals surface area contributed by atoms with Crippen molar-refractivity contribution in [3.63, 3.8) is 0 Å². The quantitative estimate of drug-likeness (QED) is 0.680. The Morgan fingerprint density at radius 1 is 1.32 bits per heavy atom. The molecule has 0 spiro atoms. The SMILES string of the molecule is O=C(/C=C/c1ncc[nH]1)c1ccc(OC2CCCCO2)cc1. The van der Waals surface area contributed by atoms with Crippen molar-refractivity contribution in [2.45, 2.75) is 25.6 Å². The van der Waals surface area contributed by atoms with Crippen LogP contribution in [0.5, 0.6) is 5.75 Å². The number of nitrogens with zero attached hydrogens (tertiary/aromatic N) is 1. The minimum Gasteiger partial charge on any atom is -0.465 e. The number of nitrogens with one attached hydrogen (secondary N) is 1. The molecule has 1 atom stereocenters. The molecular formula is C17H18N2O3. The minimum atomic E-state index is -0.172. The van der Waals surface area contributed by atoms with E-state index in [-0.39, 0.29) is 12.1 Å². The molecule has 1 aromatic carbocycles. The lowest BCUT2D eigenvalue weighted by Crippen LogP contribution is -2.24. The van der Waals surface area contributed by atoms with Gasteiger partial charge in [-0.3, -0.25) is 4.79 Å². The second-order valence-electron chi connectivity index (χ2n) is 5.11. The summed E-state index contributed by atoms with van der Waals surface area (Å²) in [4.78, 5) is 19.0. The van der Waals surface area contributed by atoms with E-state index < -0.39 is 0 Å². The molecule has 3 rings (SSSR count). The van der Waals surface area contributed by atoms with Gasteiger partial charge in [0.2, 0.25) is 0 Å². The molecule has 2 heterocycles. The topological polar surface area (TPSA) is 64.2 Å². The van der Waals surface area contributed by atoms with Gasteiger partial charge < -0.3 is 14.5 Å². The summed E-state index contributed by atoms with van der Waals surface area (Å²) in [6.45, 7) is 0.749. The van der Waals surface area contributed by atoms with Crippen LogP contribution in [0.25, 0.3) is 6.08 Å². The van der Waals surface area contributed by atoms with E-state index in [0.717, 1.165) is 31.6 Å². The van der Waals surface area contributed by atoms with Crippen molar-refractivity contribution in [2.75, 3.05) is 6.61 Å². The highest BCUT2D eigenvalue weighted by molar-refractivity contribution is 6.06. The Labute approximate surface area is 129 Å². The lowest BCUT2D eigenvalue weighted by Gasteiger charge is -2.23. The van der Waals surface area contributed by atoms with Crippen LogP contribution in [0.4, 0.5) is 0 Å². The van der Waals surface area contributed by atoms with E-state index in [4.69, 9.17) is 9.47 Å². The summed E-state index contributed by atoms with van der Waals surface area (Å²) in [7, 11) is 0. The maximum atomic E-state index is 12.0. The van der Waals surface area contributed by atoms with Crippen molar-refractivity contribution in [1.29, 1.82) is 0 Å². The lowest BCUT2D eigenvalue weighted by molar-refractivity contribution is -0.105. The maximum Gasteiger partial charge on any atom is 0.199 e. The first-order chi connectivity index (χ1) is 10.8. The molecule has 1 saturated heterocycles. The van der Waals surface area contributed by atoms with E-state index in [9.17, 15) is 4.79 Å². The summed E-state index contributed by atoms with van der Waals surface area (Å²) in [6.07, 6.45) is 9.46. The lowest BCUT2D eigenvalue weighted by atomic mass is 10.1. The third kappa shape index (κ3) is 3.83. The number of allylic oxidation sites excluding steroid dienone is 1. The molecule has 0 aliphatic carbocycles. The molecule has 5 nitrogen and oxygen atoms in total. The third-order valence-electron chi connectivity index (χ3n) is 3.46. The number of ketones is 1. The molecule has 1 aliphatic rings. The van der Waals surface area contributed by atoms with E-state index in [0.29, 0.717) is 11.4 Å². The predicted octanol–water partition coefficient (Wildman–Crippen LogP) is 3.21. The number of hydrogen-bond acceptors (Lipinski definition) is 4. The van der Waals surface area contributed by atoms with Crippen molar-refractivity contribution in [1.82, 2.24) is 9.97 Å². The zero-order chi connectivity index (χ0) is 15.2. The number of hydrogen-bond donors (Lipinski definition) is 1. The highest BCUT2D eigenvalue weighted by Crippen LogP contribution is 2.20. The fourth-order valence-corrected chi connectivity index (χ4v) is 2.27. The highest BCUT2D eigenvalue weighted by atomic mass is 16.7. The van der Waals surface area contributed by atoms with Crippen molar-refractivity contribution in [3.8, 4) is 5.75 Å². The fraction of sp³-hybridized carbons (Fsp3) is 0.294. The summed E-state index contributed by atoms with van der Waals surface area (Å²) in [5, 5.41) is 0. The average Bonchev–Trinajstić information content (AvgIpc) is 3.08. The Hall–Kier alpha value is -2.40. The molecule has 1 unspecified atom stereocenters. The third-order valence-corrected chi connectivity index (χ3v) is 3.46. The van der Waals surface area contributed by atoms with Crippen LogP contribution in [0.15, 0.2) is 42.7 Å². The molecule has 1 aliphatic heterocycles. The smallest absolute Gasteiger partial charge is 0.199 e. The van der Waals surface area contributed by atoms with Crippen LogP contribution < -0.4 is 4.74 Å². The van der Waals surface area contributed by atoms with Crippen LogP contribution in [0.2, 0.25) is 0 Å². The molecule has 1 N–H and O–H groups in total. The van der Waals surface area contributed by atoms with E-state index in [2.05, 4.69) is 9.97 Å². The Bertz CT molecular complexity index is 626. The minimum absolute atomic E-state index is 0.0723. The summed E-state index contributed by atoms with van der Waals surface area (Å²) >= 11 is 0. The van der Waals surface area contributed by atoms with Crippen molar-refractivity contribution < 1.29 is 14.3 Å². The number of ether oxygens (including phenoxy) is 2. The summed E-state index contributed by atoms with van der Waals surface area (Å²) < 4.78 is 11.3. The van der Waals surface area contributed by atoms with Crippen molar-refractivity contribution in [2.24, 2.45) is 0 Å². The first-order valence-corrected chi connectivity index (χ1v) is 7.41. The molecule has 2 aromatic rings. The molecule has 22 heavy (non-hydrogen) atoms. The van der Waals surface area contributed by atoms with Gasteiger partial charge in [-0.1, -0.05) is 0 Å². The number of H-pyrrole nitrogens is 1. The monoisotopic (exact) mass is 298 g/mol. The van der Waals surface area contributed by atoms with Crippen LogP contribution in [0, 0.1) is 0 Å². The second-order valence-corrected chi connectivity index (χ2v) is 5.11. The first kappa shape index (κ1) is 14.5. The largest absolute Gasteiger partial charge is 0.465 e. The first-order valence-electron chi connectivity index (χ1n) is 7.41. The van der Waals surface area contributed by atoms with Gasteiger partial charge in [0.25, 0.3) is 0 Å². The predicted molar refractivity (Wildman–Crippen MR) is 82.6 cm³/mol. The zero-order valence-electron chi connectivity index (χ0n) is 12.2. The maximum absolute atomic E-state index is 12.0. The number of benzene rings is 1. The Kier molecular flexibility index (Phi) is 4.65. The van der Waals surface area contributed by atoms with Gasteiger partial charge in [0.15, 0.2) is 12.1 Å². The number of aromatic amines is 1. The summed E-state index contributed by atoms with van der Waals surface area (Å²) in [5.41, 5.74) is 0.611. The summed E-state index contributed by atoms with van der Waals surface area (Å²) in [6, 6.07) is 7.11. The Morgan fingerprint density at radius 3 is 2.86 bits per heavy atom. The molecular weight excluding hydrogens is 280 g/mol. The molecule has 114 valence electrons. The van der Waals surface area contributed by atoms with E-state index >= 15 is 0 Å². The molecule has 0 amide bonds. The van der Waals surface area contributed by atoms with Gasteiger partial charge in [-0.2, -0.15) is 0 Å². The van der Waals surface area contributed by atoms with Crippen LogP contribution >= 0.6 is 0 Å². The van der Waals surface area contributed by atoms with E-state index in [1.165, 1.54) is 6.08 Å². The number of carbonyl (C=O) groups is 1. The fourth-order valence-electron chi connectivity index (χ4n) is 2.27. The van der Waals surface area contributed by atoms with Gasteiger partial charge in [-0.05, 0) is 49.3 Å². The van der Waals surface area contributed by atoms with Gasteiger partial charge >= 0.3 is 0 Å². The number of rotatable bonds is 5. The molecule has 0 radical (unpaired) electrons. The van der Waals surface area contributed by atoms with Gasteiger partial charge in [0, 0.05) is 24.4 Å². The number of aromatic nitrogens is 2. The van der Waals surface area contributed by atoms with Gasteiger partial charge in [-0.15, -0.1) is 0 Å². The highest BCUT2D eigenvalue weighted by Gasteiger charge is 2.15. The molecule has 0 saturated carbocycles. The van der Waals surface area contributed by atoms with E-state index in [1.807, 2.05) is 0 Å². The van der Waals surface area contributed by atoms with Crippen LogP contribution in [0.3, 0.4) is 0 Å². The van der Waals surface area contributed by atoms with Gasteiger partial charge in [-0.25, -0.2) is 4.98 Å². The standard InChI is InChI=1S/C17H18N2O3/c20-15(8-9-16-18-10-11-19-16)13-4-6-14(7-5-13)22-17-3-1-2-12-21-17/h4-11,17H,1-3,12H2,(H,18,19)/b9-8+. The zero-order valence-corrected chi connectivity index (χ0v) is 12.2. The molecule has 1 aromatic heterocycles. The van der Waals surface area contributed by atoms with Crippen molar-refractivity contribution in [3.05, 3.63) is 54.1 Å². The normalized spacial score (nSPS) is 18.5. The summed E-state index contributed by atoms with van der Waals surface area (Å²) in [5.74, 6) is 1.30. The Morgan fingerprint density at radius 2 is 2.18 bits per heavy atom. The van der Waals surface area contributed by atoms with Crippen LogP contribution in [-0.2, 0) is 4.74 Å². The van der Waals surface area contributed by atoms with Crippen molar-refractivity contribution >= 4 is 11.9 Å². The van der Waals surface area contributed by atoms with Gasteiger partial charge in [0.05, 0.1) is 6.61 Å².